The second-order valence-corrected chi connectivity index (χ2v) is 4.19. The molecule has 0 radical (unpaired) electrons. The van der Waals surface area contributed by atoms with E-state index in [-0.39, 0.29) is 12.6 Å². The molecule has 5 heteroatoms. The number of rotatable bonds is 5. The lowest BCUT2D eigenvalue weighted by Crippen LogP contribution is -2.17. The van der Waals surface area contributed by atoms with Gasteiger partial charge < -0.3 is 20.1 Å². The summed E-state index contributed by atoms with van der Waals surface area (Å²) < 4.78 is 7.27. The van der Waals surface area contributed by atoms with Gasteiger partial charge in [0, 0.05) is 19.2 Å². The first-order valence-corrected chi connectivity index (χ1v) is 6.11. The molecular weight excluding hydrogens is 230 g/mol. The first-order chi connectivity index (χ1) is 8.71. The molecule has 1 heterocycles. The number of aryl methyl sites for hydroxylation is 1. The van der Waals surface area contributed by atoms with Crippen LogP contribution in [0.5, 0.6) is 5.75 Å². The van der Waals surface area contributed by atoms with Crippen molar-refractivity contribution in [1.29, 1.82) is 0 Å². The molecule has 1 atom stereocenters. The van der Waals surface area contributed by atoms with Gasteiger partial charge >= 0.3 is 0 Å². The van der Waals surface area contributed by atoms with E-state index in [0.717, 1.165) is 29.2 Å². The van der Waals surface area contributed by atoms with Gasteiger partial charge in [-0.15, -0.1) is 0 Å². The fraction of sp³-hybridized carbons (Fsp3) is 0.462. The van der Waals surface area contributed by atoms with E-state index in [1.165, 1.54) is 0 Å². The molecule has 1 aromatic carbocycles. The summed E-state index contributed by atoms with van der Waals surface area (Å²) in [5.74, 6) is 1.60. The lowest BCUT2D eigenvalue weighted by atomic mass is 10.2. The zero-order valence-electron chi connectivity index (χ0n) is 10.8. The normalized spacial score (nSPS) is 12.9. The van der Waals surface area contributed by atoms with E-state index in [4.69, 9.17) is 15.6 Å². The molecule has 0 aliphatic carbocycles. The number of hydrogen-bond acceptors (Lipinski definition) is 4. The molecule has 1 aromatic heterocycles. The topological polar surface area (TPSA) is 73.3 Å². The molecule has 5 nitrogen and oxygen atoms in total. The van der Waals surface area contributed by atoms with Crippen molar-refractivity contribution in [1.82, 2.24) is 9.55 Å². The van der Waals surface area contributed by atoms with Crippen LogP contribution < -0.4 is 10.5 Å². The summed E-state index contributed by atoms with van der Waals surface area (Å²) in [6.45, 7) is 2.93. The number of aliphatic hydroxyl groups excluding tert-OH is 1. The van der Waals surface area contributed by atoms with E-state index >= 15 is 0 Å². The number of methoxy groups -OCH3 is 1. The summed E-state index contributed by atoms with van der Waals surface area (Å²) in [5.41, 5.74) is 7.96. The Labute approximate surface area is 106 Å². The number of benzene rings is 1. The number of nitrogens with two attached hydrogens (primary N) is 1. The van der Waals surface area contributed by atoms with Crippen molar-refractivity contribution in [2.45, 2.75) is 25.9 Å². The third-order valence-electron chi connectivity index (χ3n) is 3.07. The van der Waals surface area contributed by atoms with Crippen molar-refractivity contribution in [3.05, 3.63) is 24.0 Å². The van der Waals surface area contributed by atoms with Crippen LogP contribution in [-0.2, 0) is 6.54 Å². The van der Waals surface area contributed by atoms with Gasteiger partial charge in [-0.2, -0.15) is 0 Å². The number of aromatic nitrogens is 2. The minimum absolute atomic E-state index is 0.0669. The monoisotopic (exact) mass is 249 g/mol. The molecular formula is C13H19N3O2. The molecule has 0 saturated heterocycles. The van der Waals surface area contributed by atoms with Crippen LogP contribution in [0.1, 0.15) is 25.2 Å². The second-order valence-electron chi connectivity index (χ2n) is 4.19. The van der Waals surface area contributed by atoms with Gasteiger partial charge in [-0.25, -0.2) is 4.98 Å². The molecule has 18 heavy (non-hydrogen) atoms. The van der Waals surface area contributed by atoms with Crippen LogP contribution in [0.15, 0.2) is 18.2 Å². The highest BCUT2D eigenvalue weighted by molar-refractivity contribution is 5.78. The van der Waals surface area contributed by atoms with Crippen molar-refractivity contribution in [2.75, 3.05) is 13.7 Å². The number of ether oxygens (including phenoxy) is 1. The molecule has 0 aliphatic heterocycles. The third-order valence-corrected chi connectivity index (χ3v) is 3.07. The van der Waals surface area contributed by atoms with Gasteiger partial charge in [-0.1, -0.05) is 0 Å². The van der Waals surface area contributed by atoms with Gasteiger partial charge in [0.2, 0.25) is 0 Å². The molecule has 0 saturated carbocycles. The maximum absolute atomic E-state index is 8.98. The molecule has 0 amide bonds. The largest absolute Gasteiger partial charge is 0.497 e. The predicted octanol–water partition coefficient (Wildman–Crippen LogP) is 1.45. The van der Waals surface area contributed by atoms with Crippen molar-refractivity contribution in [3.63, 3.8) is 0 Å². The van der Waals surface area contributed by atoms with Crippen LogP contribution in [0, 0.1) is 0 Å². The van der Waals surface area contributed by atoms with Crippen LogP contribution >= 0.6 is 0 Å². The second kappa shape index (κ2) is 5.37. The summed E-state index contributed by atoms with van der Waals surface area (Å²) in [7, 11) is 1.64. The summed E-state index contributed by atoms with van der Waals surface area (Å²) in [6.07, 6.45) is 0.514. The number of hydrogen-bond donors (Lipinski definition) is 2. The Bertz CT molecular complexity index is 536. The van der Waals surface area contributed by atoms with E-state index in [0.29, 0.717) is 6.42 Å². The highest BCUT2D eigenvalue weighted by Gasteiger charge is 2.16. The molecule has 2 rings (SSSR count). The van der Waals surface area contributed by atoms with Crippen molar-refractivity contribution in [3.8, 4) is 5.75 Å². The van der Waals surface area contributed by atoms with Gasteiger partial charge in [0.1, 0.15) is 11.6 Å². The molecule has 3 N–H and O–H groups in total. The molecule has 98 valence electrons. The maximum atomic E-state index is 8.98. The van der Waals surface area contributed by atoms with E-state index in [2.05, 4.69) is 16.5 Å². The Hall–Kier alpha value is -1.59. The Morgan fingerprint density at radius 2 is 2.28 bits per heavy atom. The van der Waals surface area contributed by atoms with Crippen LogP contribution in [0.3, 0.4) is 0 Å². The number of imidazole rings is 1. The maximum Gasteiger partial charge on any atom is 0.126 e. The van der Waals surface area contributed by atoms with Gasteiger partial charge in [-0.05, 0) is 25.5 Å². The lowest BCUT2D eigenvalue weighted by Gasteiger charge is -2.11. The minimum atomic E-state index is -0.242. The highest BCUT2D eigenvalue weighted by Crippen LogP contribution is 2.24. The predicted molar refractivity (Wildman–Crippen MR) is 70.6 cm³/mol. The summed E-state index contributed by atoms with van der Waals surface area (Å²) in [4.78, 5) is 4.56. The average Bonchev–Trinajstić information content (AvgIpc) is 2.76. The van der Waals surface area contributed by atoms with Crippen molar-refractivity contribution < 1.29 is 9.84 Å². The first kappa shape index (κ1) is 12.9. The van der Waals surface area contributed by atoms with Crippen LogP contribution in [0.2, 0.25) is 0 Å². The van der Waals surface area contributed by atoms with Crippen molar-refractivity contribution >= 4 is 11.0 Å². The highest BCUT2D eigenvalue weighted by atomic mass is 16.5. The molecule has 2 aromatic rings. The standard InChI is InChI=1S/C13H19N3O2/c1-3-16-12-5-4-9(18-2)8-11(12)15-13(16)10(14)6-7-17/h4-5,8,10,17H,3,6-7,14H2,1-2H3. The Balaban J connectivity index is 2.52. The number of aliphatic hydroxyl groups is 1. The molecule has 0 spiro atoms. The fourth-order valence-electron chi connectivity index (χ4n) is 2.14. The Kier molecular flexibility index (Phi) is 3.84. The summed E-state index contributed by atoms with van der Waals surface area (Å²) in [5, 5.41) is 8.98. The zero-order valence-corrected chi connectivity index (χ0v) is 10.8. The quantitative estimate of drug-likeness (QED) is 0.841. The number of nitrogens with zero attached hydrogens (tertiary/aromatic N) is 2. The third kappa shape index (κ3) is 2.19. The zero-order chi connectivity index (χ0) is 13.1. The first-order valence-electron chi connectivity index (χ1n) is 6.11. The van der Waals surface area contributed by atoms with Crippen LogP contribution in [0.25, 0.3) is 11.0 Å². The van der Waals surface area contributed by atoms with Gasteiger partial charge in [0.25, 0.3) is 0 Å². The smallest absolute Gasteiger partial charge is 0.126 e. The number of fused-ring (bicyclic) bond motifs is 1. The van der Waals surface area contributed by atoms with Gasteiger partial charge in [0.15, 0.2) is 0 Å². The molecule has 0 aliphatic rings. The average molecular weight is 249 g/mol. The molecule has 1 unspecified atom stereocenters. The minimum Gasteiger partial charge on any atom is -0.497 e. The van der Waals surface area contributed by atoms with Crippen molar-refractivity contribution in [2.24, 2.45) is 5.73 Å². The van der Waals surface area contributed by atoms with Gasteiger partial charge in [-0.3, -0.25) is 0 Å². The molecule has 0 bridgehead atoms. The Morgan fingerprint density at radius 1 is 1.50 bits per heavy atom. The van der Waals surface area contributed by atoms with E-state index in [1.54, 1.807) is 7.11 Å². The van der Waals surface area contributed by atoms with Crippen LogP contribution in [-0.4, -0.2) is 28.4 Å². The van der Waals surface area contributed by atoms with Crippen LogP contribution in [0.4, 0.5) is 0 Å². The fourth-order valence-corrected chi connectivity index (χ4v) is 2.14. The van der Waals surface area contributed by atoms with E-state index in [1.807, 2.05) is 18.2 Å². The lowest BCUT2D eigenvalue weighted by molar-refractivity contribution is 0.273. The van der Waals surface area contributed by atoms with E-state index in [9.17, 15) is 0 Å². The summed E-state index contributed by atoms with van der Waals surface area (Å²) in [6, 6.07) is 5.56. The SMILES string of the molecule is CCn1c(C(N)CCO)nc2cc(OC)ccc21. The molecule has 0 fully saturated rings. The van der Waals surface area contributed by atoms with E-state index < -0.39 is 0 Å². The Morgan fingerprint density at radius 3 is 2.89 bits per heavy atom. The summed E-state index contributed by atoms with van der Waals surface area (Å²) >= 11 is 0. The van der Waals surface area contributed by atoms with Gasteiger partial charge in [0.05, 0.1) is 24.2 Å².